The number of hydrogen-bond acceptors (Lipinski definition) is 2. The lowest BCUT2D eigenvalue weighted by Crippen LogP contribution is -2.28. The summed E-state index contributed by atoms with van der Waals surface area (Å²) < 4.78 is 0. The Morgan fingerprint density at radius 3 is 2.64 bits per heavy atom. The molecule has 1 aromatic rings. The fraction of sp³-hybridized carbons (Fsp3) is 0.500. The second-order valence-corrected chi connectivity index (χ2v) is 5.04. The second kappa shape index (κ2) is 2.99. The number of hydrogen-bond donors (Lipinski definition) is 1. The molecule has 2 nitrogen and oxygen atoms in total. The minimum atomic E-state index is 0.233. The summed E-state index contributed by atoms with van der Waals surface area (Å²) in [5.41, 5.74) is 4.21. The lowest BCUT2D eigenvalue weighted by atomic mass is 9.86. The van der Waals surface area contributed by atoms with Crippen LogP contribution < -0.4 is 10.9 Å². The van der Waals surface area contributed by atoms with E-state index in [9.17, 15) is 0 Å². The molecule has 2 rings (SSSR count). The van der Waals surface area contributed by atoms with Crippen LogP contribution in [0.1, 0.15) is 31.9 Å². The zero-order valence-corrected chi connectivity index (χ0v) is 9.17. The molecule has 0 fully saturated rings. The largest absolute Gasteiger partial charge is 0.310 e. The molecule has 0 aromatic heterocycles. The first-order valence-electron chi connectivity index (χ1n) is 5.14. The molecule has 2 N–H and O–H groups in total. The molecule has 0 saturated carbocycles. The Kier molecular flexibility index (Phi) is 2.04. The molecule has 1 aliphatic heterocycles. The molecular weight excluding hydrogens is 172 g/mol. The first-order valence-corrected chi connectivity index (χ1v) is 5.14. The molecule has 76 valence electrons. The lowest BCUT2D eigenvalue weighted by Gasteiger charge is -2.20. The van der Waals surface area contributed by atoms with Gasteiger partial charge in [-0.1, -0.05) is 32.9 Å². The molecule has 0 bridgehead atoms. The maximum absolute atomic E-state index is 5.84. The number of nitrogens with two attached hydrogens (primary N) is 1. The van der Waals surface area contributed by atoms with E-state index >= 15 is 0 Å². The van der Waals surface area contributed by atoms with Gasteiger partial charge < -0.3 is 5.01 Å². The quantitative estimate of drug-likeness (QED) is 0.636. The molecule has 2 heteroatoms. The van der Waals surface area contributed by atoms with Crippen LogP contribution in [0.4, 0.5) is 5.69 Å². The van der Waals surface area contributed by atoms with E-state index in [0.29, 0.717) is 0 Å². The van der Waals surface area contributed by atoms with E-state index in [0.717, 1.165) is 13.0 Å². The molecule has 1 aliphatic rings. The summed E-state index contributed by atoms with van der Waals surface area (Å²) in [6.45, 7) is 7.67. The Morgan fingerprint density at radius 1 is 1.29 bits per heavy atom. The van der Waals surface area contributed by atoms with Crippen molar-refractivity contribution in [3.63, 3.8) is 0 Å². The molecule has 0 amide bonds. The van der Waals surface area contributed by atoms with Gasteiger partial charge in [0.25, 0.3) is 0 Å². The van der Waals surface area contributed by atoms with Crippen LogP contribution in [0, 0.1) is 0 Å². The molecule has 0 unspecified atom stereocenters. The van der Waals surface area contributed by atoms with Gasteiger partial charge in [0.05, 0.1) is 5.69 Å². The SMILES string of the molecule is CC(C)(C)c1ccc2c(c1)CCN2N. The van der Waals surface area contributed by atoms with Crippen molar-refractivity contribution in [1.82, 2.24) is 0 Å². The van der Waals surface area contributed by atoms with Crippen LogP contribution in [-0.4, -0.2) is 6.54 Å². The number of nitrogens with zero attached hydrogens (tertiary/aromatic N) is 1. The summed E-state index contributed by atoms with van der Waals surface area (Å²) in [6, 6.07) is 6.62. The van der Waals surface area contributed by atoms with Gasteiger partial charge in [-0.25, -0.2) is 5.84 Å². The van der Waals surface area contributed by atoms with Gasteiger partial charge >= 0.3 is 0 Å². The fourth-order valence-corrected chi connectivity index (χ4v) is 1.89. The first kappa shape index (κ1) is 9.53. The van der Waals surface area contributed by atoms with Crippen molar-refractivity contribution in [2.75, 3.05) is 11.6 Å². The highest BCUT2D eigenvalue weighted by Gasteiger charge is 2.20. The highest BCUT2D eigenvalue weighted by molar-refractivity contribution is 5.58. The predicted octanol–water partition coefficient (Wildman–Crippen LogP) is 2.22. The van der Waals surface area contributed by atoms with Crippen LogP contribution in [0.15, 0.2) is 18.2 Å². The Bertz CT molecular complexity index is 350. The Balaban J connectivity index is 2.42. The topological polar surface area (TPSA) is 29.3 Å². The molecular formula is C12H18N2. The van der Waals surface area contributed by atoms with E-state index in [1.807, 2.05) is 5.01 Å². The zero-order chi connectivity index (χ0) is 10.3. The lowest BCUT2D eigenvalue weighted by molar-refractivity contribution is 0.590. The maximum Gasteiger partial charge on any atom is 0.0550 e. The molecule has 0 spiro atoms. The van der Waals surface area contributed by atoms with Crippen molar-refractivity contribution in [1.29, 1.82) is 0 Å². The molecule has 0 aliphatic carbocycles. The summed E-state index contributed by atoms with van der Waals surface area (Å²) >= 11 is 0. The highest BCUT2D eigenvalue weighted by Crippen LogP contribution is 2.31. The molecule has 1 heterocycles. The van der Waals surface area contributed by atoms with Gasteiger partial charge in [0.15, 0.2) is 0 Å². The highest BCUT2D eigenvalue weighted by atomic mass is 15.4. The monoisotopic (exact) mass is 190 g/mol. The third kappa shape index (κ3) is 1.50. The smallest absolute Gasteiger partial charge is 0.0550 e. The van der Waals surface area contributed by atoms with Gasteiger partial charge in [0, 0.05) is 6.54 Å². The second-order valence-electron chi connectivity index (χ2n) is 5.04. The van der Waals surface area contributed by atoms with E-state index in [4.69, 9.17) is 5.84 Å². The van der Waals surface area contributed by atoms with Crippen molar-refractivity contribution < 1.29 is 0 Å². The van der Waals surface area contributed by atoms with Crippen molar-refractivity contribution in [2.24, 2.45) is 5.84 Å². The maximum atomic E-state index is 5.84. The minimum Gasteiger partial charge on any atom is -0.310 e. The van der Waals surface area contributed by atoms with Crippen molar-refractivity contribution in [3.8, 4) is 0 Å². The molecule has 0 radical (unpaired) electrons. The summed E-state index contributed by atoms with van der Waals surface area (Å²) in [4.78, 5) is 0. The third-order valence-corrected chi connectivity index (χ3v) is 2.88. The van der Waals surface area contributed by atoms with Crippen LogP contribution in [0.2, 0.25) is 0 Å². The molecule has 0 atom stereocenters. The number of rotatable bonds is 0. The van der Waals surface area contributed by atoms with E-state index in [2.05, 4.69) is 39.0 Å². The van der Waals surface area contributed by atoms with Gasteiger partial charge in [0.2, 0.25) is 0 Å². The minimum absolute atomic E-state index is 0.233. The van der Waals surface area contributed by atoms with Gasteiger partial charge in [-0.15, -0.1) is 0 Å². The normalized spacial score (nSPS) is 15.9. The Hall–Kier alpha value is -1.02. The number of hydrazine groups is 1. The van der Waals surface area contributed by atoms with E-state index < -0.39 is 0 Å². The van der Waals surface area contributed by atoms with Gasteiger partial charge in [-0.3, -0.25) is 0 Å². The number of anilines is 1. The van der Waals surface area contributed by atoms with Gasteiger partial charge in [-0.05, 0) is 29.0 Å². The summed E-state index contributed by atoms with van der Waals surface area (Å²) in [5, 5.41) is 1.84. The Morgan fingerprint density at radius 2 is 2.00 bits per heavy atom. The molecule has 1 aromatic carbocycles. The average molecular weight is 190 g/mol. The molecule has 0 saturated heterocycles. The van der Waals surface area contributed by atoms with Crippen molar-refractivity contribution in [2.45, 2.75) is 32.6 Å². The molecule has 14 heavy (non-hydrogen) atoms. The number of benzene rings is 1. The summed E-state index contributed by atoms with van der Waals surface area (Å²) in [7, 11) is 0. The van der Waals surface area contributed by atoms with Crippen LogP contribution in [-0.2, 0) is 11.8 Å². The van der Waals surface area contributed by atoms with Crippen LogP contribution in [0.5, 0.6) is 0 Å². The van der Waals surface area contributed by atoms with Crippen LogP contribution >= 0.6 is 0 Å². The van der Waals surface area contributed by atoms with E-state index in [-0.39, 0.29) is 5.41 Å². The standard InChI is InChI=1S/C12H18N2/c1-12(2,3)10-4-5-11-9(8-10)6-7-14(11)13/h4-5,8H,6-7,13H2,1-3H3. The van der Waals surface area contributed by atoms with E-state index in [1.54, 1.807) is 0 Å². The summed E-state index contributed by atoms with van der Waals surface area (Å²) in [5.74, 6) is 5.84. The predicted molar refractivity (Wildman–Crippen MR) is 60.4 cm³/mol. The summed E-state index contributed by atoms with van der Waals surface area (Å²) in [6.07, 6.45) is 1.08. The van der Waals surface area contributed by atoms with Gasteiger partial charge in [-0.2, -0.15) is 0 Å². The first-order chi connectivity index (χ1) is 6.48. The van der Waals surface area contributed by atoms with Crippen LogP contribution in [0.25, 0.3) is 0 Å². The van der Waals surface area contributed by atoms with Crippen molar-refractivity contribution in [3.05, 3.63) is 29.3 Å². The van der Waals surface area contributed by atoms with Crippen molar-refractivity contribution >= 4 is 5.69 Å². The van der Waals surface area contributed by atoms with Gasteiger partial charge in [0.1, 0.15) is 0 Å². The number of fused-ring (bicyclic) bond motifs is 1. The van der Waals surface area contributed by atoms with Crippen LogP contribution in [0.3, 0.4) is 0 Å². The average Bonchev–Trinajstić information content (AvgIpc) is 2.46. The van der Waals surface area contributed by atoms with E-state index in [1.165, 1.54) is 16.8 Å². The zero-order valence-electron chi connectivity index (χ0n) is 9.17. The Labute approximate surface area is 85.7 Å². The fourth-order valence-electron chi connectivity index (χ4n) is 1.89. The third-order valence-electron chi connectivity index (χ3n) is 2.88.